The normalized spacial score (nSPS) is 24.7. The SMILES string of the molecule is O=S(=O)(N1CCCC1)N1CCC[C@@H]1CCc1ccncc1. The molecule has 0 N–H and O–H groups in total. The molecule has 21 heavy (non-hydrogen) atoms. The van der Waals surface area contributed by atoms with Gasteiger partial charge in [-0.3, -0.25) is 4.98 Å². The first-order chi connectivity index (χ1) is 10.2. The van der Waals surface area contributed by atoms with Crippen LogP contribution >= 0.6 is 0 Å². The van der Waals surface area contributed by atoms with Crippen molar-refractivity contribution in [3.05, 3.63) is 30.1 Å². The fourth-order valence-electron chi connectivity index (χ4n) is 3.35. The molecule has 0 amide bonds. The number of pyridine rings is 1. The standard InChI is InChI=1S/C15H23N3O2S/c19-21(20,17-11-1-2-12-17)18-13-3-4-15(18)6-5-14-7-9-16-10-8-14/h7-10,15H,1-6,11-13H2/t15-/m1/s1. The monoisotopic (exact) mass is 309 g/mol. The summed E-state index contributed by atoms with van der Waals surface area (Å²) >= 11 is 0. The van der Waals surface area contributed by atoms with Gasteiger partial charge in [0.05, 0.1) is 0 Å². The number of aryl methyl sites for hydroxylation is 1. The minimum absolute atomic E-state index is 0.156. The number of nitrogens with zero attached hydrogens (tertiary/aromatic N) is 3. The van der Waals surface area contributed by atoms with Gasteiger partial charge in [-0.2, -0.15) is 17.0 Å². The van der Waals surface area contributed by atoms with Crippen molar-refractivity contribution in [3.63, 3.8) is 0 Å². The van der Waals surface area contributed by atoms with E-state index in [1.807, 2.05) is 12.1 Å². The van der Waals surface area contributed by atoms with Crippen molar-refractivity contribution in [2.24, 2.45) is 0 Å². The van der Waals surface area contributed by atoms with Crippen molar-refractivity contribution in [3.8, 4) is 0 Å². The molecule has 0 radical (unpaired) electrons. The summed E-state index contributed by atoms with van der Waals surface area (Å²) in [6.07, 6.45) is 9.36. The minimum atomic E-state index is -3.24. The molecular formula is C15H23N3O2S. The second-order valence-corrected chi connectivity index (χ2v) is 7.80. The first-order valence-corrected chi connectivity index (χ1v) is 9.23. The summed E-state index contributed by atoms with van der Waals surface area (Å²) in [6.45, 7) is 2.06. The zero-order chi connectivity index (χ0) is 14.7. The second-order valence-electron chi connectivity index (χ2n) is 5.91. The minimum Gasteiger partial charge on any atom is -0.265 e. The average molecular weight is 309 g/mol. The van der Waals surface area contributed by atoms with Crippen LogP contribution in [-0.4, -0.2) is 47.7 Å². The molecule has 3 rings (SSSR count). The van der Waals surface area contributed by atoms with Crippen LogP contribution in [-0.2, 0) is 16.6 Å². The van der Waals surface area contributed by atoms with Gasteiger partial charge in [0, 0.05) is 38.1 Å². The van der Waals surface area contributed by atoms with E-state index in [0.717, 1.165) is 38.5 Å². The molecule has 3 heterocycles. The van der Waals surface area contributed by atoms with Gasteiger partial charge in [-0.15, -0.1) is 0 Å². The Bertz CT molecular complexity index is 556. The summed E-state index contributed by atoms with van der Waals surface area (Å²) in [5, 5.41) is 0. The summed E-state index contributed by atoms with van der Waals surface area (Å²) in [7, 11) is -3.24. The molecule has 6 heteroatoms. The molecule has 0 bridgehead atoms. The van der Waals surface area contributed by atoms with Gasteiger partial charge in [0.25, 0.3) is 10.2 Å². The van der Waals surface area contributed by atoms with E-state index in [9.17, 15) is 8.42 Å². The Morgan fingerprint density at radius 2 is 1.81 bits per heavy atom. The molecule has 2 saturated heterocycles. The molecule has 0 saturated carbocycles. The summed E-state index contributed by atoms with van der Waals surface area (Å²) in [5.74, 6) is 0. The van der Waals surface area contributed by atoms with Gasteiger partial charge in [0.1, 0.15) is 0 Å². The molecule has 2 aliphatic heterocycles. The fourth-order valence-corrected chi connectivity index (χ4v) is 5.31. The van der Waals surface area contributed by atoms with E-state index in [1.54, 1.807) is 21.0 Å². The van der Waals surface area contributed by atoms with E-state index >= 15 is 0 Å². The van der Waals surface area contributed by atoms with Crippen LogP contribution in [0.15, 0.2) is 24.5 Å². The lowest BCUT2D eigenvalue weighted by Crippen LogP contribution is -2.44. The highest BCUT2D eigenvalue weighted by Gasteiger charge is 2.38. The Hall–Kier alpha value is -0.980. The smallest absolute Gasteiger partial charge is 0.265 e. The van der Waals surface area contributed by atoms with Crippen molar-refractivity contribution in [1.29, 1.82) is 0 Å². The first kappa shape index (κ1) is 14.9. The van der Waals surface area contributed by atoms with Crippen LogP contribution in [0.4, 0.5) is 0 Å². The lowest BCUT2D eigenvalue weighted by atomic mass is 10.1. The lowest BCUT2D eigenvalue weighted by Gasteiger charge is -2.28. The Labute approximate surface area is 127 Å². The first-order valence-electron chi connectivity index (χ1n) is 7.84. The molecule has 116 valence electrons. The van der Waals surface area contributed by atoms with E-state index in [1.165, 1.54) is 5.56 Å². The third kappa shape index (κ3) is 3.27. The van der Waals surface area contributed by atoms with E-state index in [-0.39, 0.29) is 6.04 Å². The summed E-state index contributed by atoms with van der Waals surface area (Å²) in [4.78, 5) is 4.02. The van der Waals surface area contributed by atoms with Gasteiger partial charge in [-0.25, -0.2) is 0 Å². The highest BCUT2D eigenvalue weighted by molar-refractivity contribution is 7.86. The van der Waals surface area contributed by atoms with Crippen molar-refractivity contribution < 1.29 is 8.42 Å². The molecule has 2 aliphatic rings. The van der Waals surface area contributed by atoms with Crippen molar-refractivity contribution in [2.45, 2.75) is 44.6 Å². The zero-order valence-electron chi connectivity index (χ0n) is 12.3. The van der Waals surface area contributed by atoms with Crippen LogP contribution in [0.2, 0.25) is 0 Å². The van der Waals surface area contributed by atoms with Gasteiger partial charge in [0.15, 0.2) is 0 Å². The number of hydrogen-bond donors (Lipinski definition) is 0. The van der Waals surface area contributed by atoms with Crippen LogP contribution in [0.25, 0.3) is 0 Å². The van der Waals surface area contributed by atoms with Gasteiger partial charge in [0.2, 0.25) is 0 Å². The van der Waals surface area contributed by atoms with Gasteiger partial charge in [-0.05, 0) is 56.2 Å². The van der Waals surface area contributed by atoms with Gasteiger partial charge >= 0.3 is 0 Å². The maximum atomic E-state index is 12.7. The molecule has 0 aliphatic carbocycles. The number of aromatic nitrogens is 1. The van der Waals surface area contributed by atoms with Crippen molar-refractivity contribution in [1.82, 2.24) is 13.6 Å². The molecule has 0 spiro atoms. The van der Waals surface area contributed by atoms with Gasteiger partial charge in [-0.1, -0.05) is 0 Å². The molecular weight excluding hydrogens is 286 g/mol. The van der Waals surface area contributed by atoms with Crippen LogP contribution in [0.3, 0.4) is 0 Å². The maximum Gasteiger partial charge on any atom is 0.282 e. The third-order valence-corrected chi connectivity index (χ3v) is 6.62. The van der Waals surface area contributed by atoms with Crippen LogP contribution in [0, 0.1) is 0 Å². The summed E-state index contributed by atoms with van der Waals surface area (Å²) < 4.78 is 28.8. The zero-order valence-corrected chi connectivity index (χ0v) is 13.1. The molecule has 1 aromatic rings. The largest absolute Gasteiger partial charge is 0.282 e. The van der Waals surface area contributed by atoms with E-state index in [0.29, 0.717) is 19.6 Å². The highest BCUT2D eigenvalue weighted by Crippen LogP contribution is 2.28. The topological polar surface area (TPSA) is 53.5 Å². The van der Waals surface area contributed by atoms with E-state index < -0.39 is 10.2 Å². The quantitative estimate of drug-likeness (QED) is 0.833. The second kappa shape index (κ2) is 6.42. The average Bonchev–Trinajstić information content (AvgIpc) is 3.18. The Kier molecular flexibility index (Phi) is 4.57. The molecule has 0 aromatic carbocycles. The van der Waals surface area contributed by atoms with Crippen LogP contribution < -0.4 is 0 Å². The number of rotatable bonds is 5. The van der Waals surface area contributed by atoms with Crippen LogP contribution in [0.1, 0.15) is 37.7 Å². The third-order valence-electron chi connectivity index (χ3n) is 4.53. The summed E-state index contributed by atoms with van der Waals surface area (Å²) in [6, 6.07) is 4.17. The molecule has 2 fully saturated rings. The van der Waals surface area contributed by atoms with Gasteiger partial charge < -0.3 is 0 Å². The summed E-state index contributed by atoms with van der Waals surface area (Å²) in [5.41, 5.74) is 1.23. The predicted molar refractivity (Wildman–Crippen MR) is 82.0 cm³/mol. The predicted octanol–water partition coefficient (Wildman–Crippen LogP) is 1.82. The molecule has 5 nitrogen and oxygen atoms in total. The van der Waals surface area contributed by atoms with Crippen LogP contribution in [0.5, 0.6) is 0 Å². The Morgan fingerprint density at radius 1 is 1.10 bits per heavy atom. The molecule has 0 unspecified atom stereocenters. The van der Waals surface area contributed by atoms with Crippen molar-refractivity contribution in [2.75, 3.05) is 19.6 Å². The lowest BCUT2D eigenvalue weighted by molar-refractivity contribution is 0.333. The Balaban J connectivity index is 1.65. The van der Waals surface area contributed by atoms with Crippen molar-refractivity contribution >= 4 is 10.2 Å². The molecule has 1 aromatic heterocycles. The Morgan fingerprint density at radius 3 is 2.52 bits per heavy atom. The number of hydrogen-bond acceptors (Lipinski definition) is 3. The fraction of sp³-hybridized carbons (Fsp3) is 0.667. The molecule has 1 atom stereocenters. The van der Waals surface area contributed by atoms with E-state index in [4.69, 9.17) is 0 Å². The maximum absolute atomic E-state index is 12.7. The highest BCUT2D eigenvalue weighted by atomic mass is 32.2. The van der Waals surface area contributed by atoms with E-state index in [2.05, 4.69) is 4.98 Å².